The van der Waals surface area contributed by atoms with Crippen LogP contribution in [0.3, 0.4) is 0 Å². The van der Waals surface area contributed by atoms with Crippen LogP contribution in [0.1, 0.15) is 38.8 Å². The first-order chi connectivity index (χ1) is 10.4. The molecule has 1 aromatic heterocycles. The Morgan fingerprint density at radius 2 is 1.64 bits per heavy atom. The molecular formula is C18H21N3O. The van der Waals surface area contributed by atoms with Gasteiger partial charge in [0, 0.05) is 5.56 Å². The molecule has 3 rings (SSSR count). The molecule has 0 aliphatic heterocycles. The number of fused-ring (bicyclic) bond motifs is 1. The van der Waals surface area contributed by atoms with Gasteiger partial charge in [-0.1, -0.05) is 45.9 Å². The Balaban J connectivity index is 2.25. The first kappa shape index (κ1) is 14.6. The van der Waals surface area contributed by atoms with Crippen molar-refractivity contribution in [2.24, 2.45) is 0 Å². The van der Waals surface area contributed by atoms with E-state index in [4.69, 9.17) is 0 Å². The van der Waals surface area contributed by atoms with Crippen LogP contribution in [0.5, 0.6) is 5.75 Å². The van der Waals surface area contributed by atoms with Crippen LogP contribution in [0.25, 0.3) is 16.7 Å². The average molecular weight is 295 g/mol. The van der Waals surface area contributed by atoms with Gasteiger partial charge in [0.15, 0.2) is 0 Å². The number of hydrogen-bond acceptors (Lipinski definition) is 3. The molecule has 0 saturated carbocycles. The quantitative estimate of drug-likeness (QED) is 0.778. The summed E-state index contributed by atoms with van der Waals surface area (Å²) < 4.78 is 0. The standard InChI is InChI=1S/C18H21N3O/c1-5-12-10-13(18(2,3)4)17(22)16(11-12)21-19-14-8-6-7-9-15(14)20-21/h6-11,22H,5H2,1-4H3. The van der Waals surface area contributed by atoms with Gasteiger partial charge in [-0.15, -0.1) is 15.0 Å². The molecule has 1 heterocycles. The van der Waals surface area contributed by atoms with E-state index in [-0.39, 0.29) is 11.2 Å². The Hall–Kier alpha value is -2.36. The monoisotopic (exact) mass is 295 g/mol. The van der Waals surface area contributed by atoms with Gasteiger partial charge in [-0.05, 0) is 35.6 Å². The molecule has 3 aromatic rings. The van der Waals surface area contributed by atoms with E-state index >= 15 is 0 Å². The summed E-state index contributed by atoms with van der Waals surface area (Å²) in [5, 5.41) is 19.7. The van der Waals surface area contributed by atoms with Crippen LogP contribution in [0, 0.1) is 0 Å². The molecule has 0 aliphatic rings. The summed E-state index contributed by atoms with van der Waals surface area (Å²) in [5.41, 5.74) is 4.22. The maximum Gasteiger partial charge on any atom is 0.146 e. The highest BCUT2D eigenvalue weighted by Crippen LogP contribution is 2.36. The summed E-state index contributed by atoms with van der Waals surface area (Å²) >= 11 is 0. The van der Waals surface area contributed by atoms with Gasteiger partial charge in [0.2, 0.25) is 0 Å². The molecule has 0 unspecified atom stereocenters. The molecule has 0 saturated heterocycles. The van der Waals surface area contributed by atoms with Gasteiger partial charge in [-0.2, -0.15) is 0 Å². The fraction of sp³-hybridized carbons (Fsp3) is 0.333. The number of nitrogens with zero attached hydrogens (tertiary/aromatic N) is 3. The molecule has 0 bridgehead atoms. The highest BCUT2D eigenvalue weighted by molar-refractivity contribution is 5.73. The molecule has 2 aromatic carbocycles. The summed E-state index contributed by atoms with van der Waals surface area (Å²) in [5.74, 6) is 0.255. The normalized spacial score (nSPS) is 12.0. The van der Waals surface area contributed by atoms with Crippen LogP contribution in [-0.4, -0.2) is 20.1 Å². The minimum atomic E-state index is -0.142. The first-order valence-electron chi connectivity index (χ1n) is 7.59. The largest absolute Gasteiger partial charge is 0.505 e. The third kappa shape index (κ3) is 2.45. The van der Waals surface area contributed by atoms with E-state index in [1.165, 1.54) is 10.4 Å². The number of benzene rings is 2. The number of aromatic nitrogens is 3. The number of aromatic hydroxyl groups is 1. The van der Waals surface area contributed by atoms with Crippen molar-refractivity contribution in [3.63, 3.8) is 0 Å². The van der Waals surface area contributed by atoms with Crippen molar-refractivity contribution in [2.75, 3.05) is 0 Å². The predicted octanol–water partition coefficient (Wildman–Crippen LogP) is 3.99. The molecule has 4 nitrogen and oxygen atoms in total. The van der Waals surface area contributed by atoms with Crippen LogP contribution in [0.4, 0.5) is 0 Å². The fourth-order valence-corrected chi connectivity index (χ4v) is 2.57. The second-order valence-corrected chi connectivity index (χ2v) is 6.59. The van der Waals surface area contributed by atoms with E-state index < -0.39 is 0 Å². The lowest BCUT2D eigenvalue weighted by Gasteiger charge is -2.22. The minimum absolute atomic E-state index is 0.142. The zero-order valence-electron chi connectivity index (χ0n) is 13.5. The third-order valence-corrected chi connectivity index (χ3v) is 3.87. The highest BCUT2D eigenvalue weighted by Gasteiger charge is 2.22. The van der Waals surface area contributed by atoms with E-state index in [2.05, 4.69) is 44.0 Å². The maximum atomic E-state index is 10.7. The molecule has 0 spiro atoms. The molecule has 22 heavy (non-hydrogen) atoms. The summed E-state index contributed by atoms with van der Waals surface area (Å²) in [7, 11) is 0. The van der Waals surface area contributed by atoms with Crippen molar-refractivity contribution in [1.29, 1.82) is 0 Å². The first-order valence-corrected chi connectivity index (χ1v) is 7.59. The topological polar surface area (TPSA) is 50.9 Å². The summed E-state index contributed by atoms with van der Waals surface area (Å²) in [6, 6.07) is 11.7. The summed E-state index contributed by atoms with van der Waals surface area (Å²) in [6.45, 7) is 8.39. The van der Waals surface area contributed by atoms with E-state index in [0.29, 0.717) is 5.69 Å². The van der Waals surface area contributed by atoms with E-state index in [0.717, 1.165) is 23.0 Å². The summed E-state index contributed by atoms with van der Waals surface area (Å²) in [6.07, 6.45) is 0.900. The van der Waals surface area contributed by atoms with Crippen LogP contribution in [0.15, 0.2) is 36.4 Å². The number of rotatable bonds is 2. The van der Waals surface area contributed by atoms with Crippen LogP contribution >= 0.6 is 0 Å². The number of phenols is 1. The molecular weight excluding hydrogens is 274 g/mol. The molecule has 0 radical (unpaired) electrons. The van der Waals surface area contributed by atoms with Gasteiger partial charge >= 0.3 is 0 Å². The molecule has 0 amide bonds. The molecule has 0 aliphatic carbocycles. The van der Waals surface area contributed by atoms with Crippen LogP contribution < -0.4 is 0 Å². The summed E-state index contributed by atoms with van der Waals surface area (Å²) in [4.78, 5) is 1.54. The minimum Gasteiger partial charge on any atom is -0.505 e. The van der Waals surface area contributed by atoms with Crippen molar-refractivity contribution in [3.05, 3.63) is 47.5 Å². The van der Waals surface area contributed by atoms with Crippen LogP contribution in [0.2, 0.25) is 0 Å². The van der Waals surface area contributed by atoms with E-state index in [1.54, 1.807) is 0 Å². The lowest BCUT2D eigenvalue weighted by Crippen LogP contribution is -2.14. The van der Waals surface area contributed by atoms with Crippen molar-refractivity contribution < 1.29 is 5.11 Å². The Morgan fingerprint density at radius 1 is 1.05 bits per heavy atom. The van der Waals surface area contributed by atoms with Gasteiger partial charge in [-0.25, -0.2) is 0 Å². The highest BCUT2D eigenvalue weighted by atomic mass is 16.3. The smallest absolute Gasteiger partial charge is 0.146 e. The van der Waals surface area contributed by atoms with E-state index in [1.807, 2.05) is 30.3 Å². The van der Waals surface area contributed by atoms with Gasteiger partial charge < -0.3 is 5.11 Å². The number of phenolic OH excluding ortho intramolecular Hbond substituents is 1. The SMILES string of the molecule is CCc1cc(-n2nc3ccccc3n2)c(O)c(C(C)(C)C)c1. The van der Waals surface area contributed by atoms with Gasteiger partial charge in [0.25, 0.3) is 0 Å². The molecule has 1 N–H and O–H groups in total. The lowest BCUT2D eigenvalue weighted by atomic mass is 9.84. The van der Waals surface area contributed by atoms with Gasteiger partial charge in [0.1, 0.15) is 22.5 Å². The van der Waals surface area contributed by atoms with Gasteiger partial charge in [-0.3, -0.25) is 0 Å². The maximum absolute atomic E-state index is 10.7. The van der Waals surface area contributed by atoms with Crippen molar-refractivity contribution in [2.45, 2.75) is 39.5 Å². The van der Waals surface area contributed by atoms with Crippen molar-refractivity contribution >= 4 is 11.0 Å². The molecule has 4 heteroatoms. The number of aryl methyl sites for hydroxylation is 1. The Kier molecular flexibility index (Phi) is 3.39. The number of hydrogen-bond donors (Lipinski definition) is 1. The average Bonchev–Trinajstić information content (AvgIpc) is 2.90. The second-order valence-electron chi connectivity index (χ2n) is 6.59. The zero-order valence-corrected chi connectivity index (χ0v) is 13.5. The Morgan fingerprint density at radius 3 is 2.14 bits per heavy atom. The third-order valence-electron chi connectivity index (χ3n) is 3.87. The lowest BCUT2D eigenvalue weighted by molar-refractivity contribution is 0.440. The molecule has 0 atom stereocenters. The fourth-order valence-electron chi connectivity index (χ4n) is 2.57. The molecule has 0 fully saturated rings. The van der Waals surface area contributed by atoms with E-state index in [9.17, 15) is 5.11 Å². The van der Waals surface area contributed by atoms with Crippen molar-refractivity contribution in [1.82, 2.24) is 15.0 Å². The van der Waals surface area contributed by atoms with Crippen LogP contribution in [-0.2, 0) is 11.8 Å². The van der Waals surface area contributed by atoms with Crippen molar-refractivity contribution in [3.8, 4) is 11.4 Å². The Labute approximate surface area is 130 Å². The second kappa shape index (κ2) is 5.13. The van der Waals surface area contributed by atoms with Gasteiger partial charge in [0.05, 0.1) is 0 Å². The zero-order chi connectivity index (χ0) is 15.9. The predicted molar refractivity (Wildman–Crippen MR) is 88.6 cm³/mol. The molecule has 114 valence electrons. The Bertz CT molecular complexity index is 795.